The number of benzene rings is 3. The highest BCUT2D eigenvalue weighted by molar-refractivity contribution is 9.10. The molecule has 3 aromatic rings. The number of aliphatic imine (C=N–C) groups is 1. The lowest BCUT2D eigenvalue weighted by atomic mass is 10.1. The Hall–Kier alpha value is -3.25. The average Bonchev–Trinajstić information content (AvgIpc) is 3.07. The topological polar surface area (TPSA) is 41.9 Å². The molecule has 4 nitrogen and oxygen atoms in total. The molecule has 1 aliphatic rings. The zero-order valence-corrected chi connectivity index (χ0v) is 17.8. The molecule has 0 atom stereocenters. The highest BCUT2D eigenvalue weighted by Gasteiger charge is 2.32. The zero-order valence-electron chi connectivity index (χ0n) is 16.2. The van der Waals surface area contributed by atoms with Gasteiger partial charge < -0.3 is 4.74 Å². The van der Waals surface area contributed by atoms with Gasteiger partial charge in [0.05, 0.1) is 12.3 Å². The van der Waals surface area contributed by atoms with Crippen LogP contribution in [0.4, 0.5) is 10.1 Å². The van der Waals surface area contributed by atoms with Gasteiger partial charge in [0.15, 0.2) is 0 Å². The second-order valence-corrected chi connectivity index (χ2v) is 7.51. The molecule has 1 amide bonds. The van der Waals surface area contributed by atoms with Crippen molar-refractivity contribution in [3.05, 3.63) is 99.9 Å². The van der Waals surface area contributed by atoms with Gasteiger partial charge in [-0.15, -0.1) is 0 Å². The van der Waals surface area contributed by atoms with Gasteiger partial charge in [-0.05, 0) is 67.1 Å². The van der Waals surface area contributed by atoms with Crippen molar-refractivity contribution in [1.82, 2.24) is 0 Å². The highest BCUT2D eigenvalue weighted by atomic mass is 79.9. The molecule has 1 heterocycles. The van der Waals surface area contributed by atoms with E-state index >= 15 is 0 Å². The van der Waals surface area contributed by atoms with Crippen molar-refractivity contribution in [3.63, 3.8) is 0 Å². The molecule has 0 aromatic heterocycles. The Balaban J connectivity index is 1.75. The summed E-state index contributed by atoms with van der Waals surface area (Å²) < 4.78 is 19.8. The summed E-state index contributed by atoms with van der Waals surface area (Å²) in [5.74, 6) is 0.631. The molecule has 6 heteroatoms. The quantitative estimate of drug-likeness (QED) is 0.446. The number of carbonyl (C=O) groups is 1. The number of hydrogen-bond acceptors (Lipinski definition) is 3. The lowest BCUT2D eigenvalue weighted by Gasteiger charge is -2.18. The van der Waals surface area contributed by atoms with Crippen molar-refractivity contribution in [3.8, 4) is 5.75 Å². The molecule has 0 spiro atoms. The summed E-state index contributed by atoms with van der Waals surface area (Å²) in [6, 6.07) is 20.8. The molecule has 0 radical (unpaired) electrons. The fourth-order valence-corrected chi connectivity index (χ4v) is 3.39. The molecular weight excluding hydrogens is 447 g/mol. The van der Waals surface area contributed by atoms with Gasteiger partial charge >= 0.3 is 0 Å². The number of ether oxygens (including phenoxy) is 1. The third kappa shape index (κ3) is 4.19. The van der Waals surface area contributed by atoms with Gasteiger partial charge in [0.1, 0.15) is 23.1 Å². The molecule has 0 aliphatic carbocycles. The van der Waals surface area contributed by atoms with Gasteiger partial charge in [0, 0.05) is 10.0 Å². The standard InChI is InChI=1S/C24H18BrFN2O2/c1-2-30-21-13-3-16(4-14-21)15-22-24(29)28(20-11-9-19(26)10-12-20)23(27-22)17-5-7-18(25)8-6-17/h3-15H,2H2,1H3/b22-15+. The fourth-order valence-electron chi connectivity index (χ4n) is 3.12. The van der Waals surface area contributed by atoms with Crippen molar-refractivity contribution >= 4 is 39.4 Å². The van der Waals surface area contributed by atoms with Crippen molar-refractivity contribution < 1.29 is 13.9 Å². The third-order valence-corrected chi connectivity index (χ3v) is 5.07. The van der Waals surface area contributed by atoms with Crippen LogP contribution in [-0.2, 0) is 4.79 Å². The van der Waals surface area contributed by atoms with Crippen LogP contribution >= 0.6 is 15.9 Å². The van der Waals surface area contributed by atoms with E-state index in [1.807, 2.05) is 55.5 Å². The maximum Gasteiger partial charge on any atom is 0.282 e. The Morgan fingerprint density at radius 3 is 2.30 bits per heavy atom. The minimum Gasteiger partial charge on any atom is -0.494 e. The molecule has 0 N–H and O–H groups in total. The van der Waals surface area contributed by atoms with E-state index in [2.05, 4.69) is 20.9 Å². The molecule has 0 saturated carbocycles. The summed E-state index contributed by atoms with van der Waals surface area (Å²) in [5.41, 5.74) is 2.48. The number of nitrogens with zero attached hydrogens (tertiary/aromatic N) is 2. The molecule has 0 bridgehead atoms. The molecule has 3 aromatic carbocycles. The van der Waals surface area contributed by atoms with Gasteiger partial charge in [-0.25, -0.2) is 9.38 Å². The van der Waals surface area contributed by atoms with Crippen LogP contribution in [-0.4, -0.2) is 18.3 Å². The van der Waals surface area contributed by atoms with E-state index in [0.29, 0.717) is 23.8 Å². The Labute approximate surface area is 182 Å². The normalized spacial score (nSPS) is 14.9. The van der Waals surface area contributed by atoms with Crippen LogP contribution in [0.1, 0.15) is 18.1 Å². The molecule has 0 saturated heterocycles. The number of carbonyl (C=O) groups excluding carboxylic acids is 1. The smallest absolute Gasteiger partial charge is 0.282 e. The van der Waals surface area contributed by atoms with Gasteiger partial charge in [-0.1, -0.05) is 40.2 Å². The lowest BCUT2D eigenvalue weighted by Crippen LogP contribution is -2.32. The second kappa shape index (κ2) is 8.63. The van der Waals surface area contributed by atoms with Crippen LogP contribution in [0.5, 0.6) is 5.75 Å². The first-order valence-corrected chi connectivity index (χ1v) is 10.2. The van der Waals surface area contributed by atoms with Gasteiger partial charge in [-0.2, -0.15) is 0 Å². The SMILES string of the molecule is CCOc1ccc(/C=C2/N=C(c3ccc(Br)cc3)N(c3ccc(F)cc3)C2=O)cc1. The van der Waals surface area contributed by atoms with E-state index in [1.54, 1.807) is 18.2 Å². The van der Waals surface area contributed by atoms with E-state index in [0.717, 1.165) is 21.3 Å². The average molecular weight is 465 g/mol. The Morgan fingerprint density at radius 1 is 1.00 bits per heavy atom. The maximum absolute atomic E-state index is 13.4. The predicted octanol–water partition coefficient (Wildman–Crippen LogP) is 5.82. The first-order valence-electron chi connectivity index (χ1n) is 9.44. The van der Waals surface area contributed by atoms with Gasteiger partial charge in [0.2, 0.25) is 0 Å². The van der Waals surface area contributed by atoms with E-state index in [9.17, 15) is 9.18 Å². The van der Waals surface area contributed by atoms with Crippen molar-refractivity contribution in [2.45, 2.75) is 6.92 Å². The predicted molar refractivity (Wildman–Crippen MR) is 120 cm³/mol. The van der Waals surface area contributed by atoms with Crippen LogP contribution < -0.4 is 9.64 Å². The molecule has 1 aliphatic heterocycles. The molecule has 150 valence electrons. The monoisotopic (exact) mass is 464 g/mol. The van der Waals surface area contributed by atoms with Crippen molar-refractivity contribution in [2.24, 2.45) is 4.99 Å². The lowest BCUT2D eigenvalue weighted by molar-refractivity contribution is -0.113. The summed E-state index contributed by atoms with van der Waals surface area (Å²) in [5, 5.41) is 0. The number of rotatable bonds is 5. The summed E-state index contributed by atoms with van der Waals surface area (Å²) in [4.78, 5) is 19.4. The van der Waals surface area contributed by atoms with Crippen LogP contribution in [0, 0.1) is 5.82 Å². The maximum atomic E-state index is 13.4. The Kier molecular flexibility index (Phi) is 5.77. The number of amidine groups is 1. The summed E-state index contributed by atoms with van der Waals surface area (Å²) >= 11 is 3.42. The van der Waals surface area contributed by atoms with E-state index in [-0.39, 0.29) is 11.7 Å². The van der Waals surface area contributed by atoms with E-state index < -0.39 is 0 Å². The summed E-state index contributed by atoms with van der Waals surface area (Å²) in [7, 11) is 0. The van der Waals surface area contributed by atoms with Crippen LogP contribution in [0.25, 0.3) is 6.08 Å². The van der Waals surface area contributed by atoms with E-state index in [1.165, 1.54) is 17.0 Å². The number of amides is 1. The second-order valence-electron chi connectivity index (χ2n) is 6.59. The molecule has 4 rings (SSSR count). The fraction of sp³-hybridized carbons (Fsp3) is 0.0833. The van der Waals surface area contributed by atoms with Crippen LogP contribution in [0.15, 0.2) is 88.0 Å². The number of halogens is 2. The number of anilines is 1. The van der Waals surface area contributed by atoms with Crippen LogP contribution in [0.2, 0.25) is 0 Å². The van der Waals surface area contributed by atoms with Gasteiger partial charge in [-0.3, -0.25) is 9.69 Å². The van der Waals surface area contributed by atoms with Crippen molar-refractivity contribution in [2.75, 3.05) is 11.5 Å². The first-order chi connectivity index (χ1) is 14.5. The summed E-state index contributed by atoms with van der Waals surface area (Å²) in [6.07, 6.45) is 1.74. The highest BCUT2D eigenvalue weighted by Crippen LogP contribution is 2.29. The zero-order chi connectivity index (χ0) is 21.1. The minimum absolute atomic E-state index is 0.270. The Bertz CT molecular complexity index is 1120. The van der Waals surface area contributed by atoms with Crippen molar-refractivity contribution in [1.29, 1.82) is 0 Å². The van der Waals surface area contributed by atoms with Gasteiger partial charge in [0.25, 0.3) is 5.91 Å². The van der Waals surface area contributed by atoms with E-state index in [4.69, 9.17) is 4.74 Å². The Morgan fingerprint density at radius 2 is 1.67 bits per heavy atom. The first kappa shape index (κ1) is 20.0. The summed E-state index contributed by atoms with van der Waals surface area (Å²) in [6.45, 7) is 2.52. The number of hydrogen-bond donors (Lipinski definition) is 0. The third-order valence-electron chi connectivity index (χ3n) is 4.54. The largest absolute Gasteiger partial charge is 0.494 e. The molecule has 0 fully saturated rings. The molecule has 30 heavy (non-hydrogen) atoms. The molecule has 0 unspecified atom stereocenters. The minimum atomic E-state index is -0.363. The van der Waals surface area contributed by atoms with Crippen LogP contribution in [0.3, 0.4) is 0 Å². The molecular formula is C24H18BrFN2O2.